The fraction of sp³-hybridized carbons (Fsp3) is 0. The van der Waals surface area contributed by atoms with Gasteiger partial charge in [-0.25, -0.2) is 4.79 Å². The van der Waals surface area contributed by atoms with Gasteiger partial charge in [0.1, 0.15) is 11.1 Å². The van der Waals surface area contributed by atoms with Crippen LogP contribution in [-0.2, 0) is 0 Å². The molecule has 6 nitrogen and oxygen atoms in total. The molecule has 42 valence electrons. The zero-order valence-electron chi connectivity index (χ0n) is 5.25. The van der Waals surface area contributed by atoms with Gasteiger partial charge in [0.15, 0.2) is 0 Å². The van der Waals surface area contributed by atoms with Crippen molar-refractivity contribution >= 4 is 6.16 Å². The summed E-state index contributed by atoms with van der Waals surface area (Å²) >= 11 is 0. The van der Waals surface area contributed by atoms with Gasteiger partial charge in [0.25, 0.3) is 0 Å². The van der Waals surface area contributed by atoms with Crippen molar-refractivity contribution in [2.45, 2.75) is 0 Å². The molecule has 0 saturated heterocycles. The summed E-state index contributed by atoms with van der Waals surface area (Å²) < 4.78 is 0. The van der Waals surface area contributed by atoms with Gasteiger partial charge in [-0.3, -0.25) is 0 Å². The van der Waals surface area contributed by atoms with E-state index in [4.69, 9.17) is 26.1 Å². The zero-order chi connectivity index (χ0) is 6.28. The summed E-state index contributed by atoms with van der Waals surface area (Å²) in [5.41, 5.74) is 11.0. The molecule has 4 N–H and O–H groups in total. The first-order valence-electron chi connectivity index (χ1n) is 1.10. The molecule has 0 aliphatic carbocycles. The number of rotatable bonds is 0. The van der Waals surface area contributed by atoms with E-state index in [1.165, 1.54) is 0 Å². The molecule has 0 atom stereocenters. The van der Waals surface area contributed by atoms with Crippen molar-refractivity contribution in [3.05, 3.63) is 0 Å². The molecule has 0 saturated carbocycles. The quantitative estimate of drug-likeness (QED) is 0.164. The van der Waals surface area contributed by atoms with Gasteiger partial charge in [-0.15, -0.1) is 0 Å². The Morgan fingerprint density at radius 3 is 1.50 bits per heavy atom. The Hall–Kier alpha value is -0.420. The van der Waals surface area contributed by atoms with Crippen LogP contribution in [0.3, 0.4) is 0 Å². The van der Waals surface area contributed by atoms with Crippen molar-refractivity contribution in [1.82, 2.24) is 4.91 Å². The molecular weight excluding hydrogens is 125 g/mol. The molecule has 0 aromatic carbocycles. The molecule has 0 aromatic rings. The maximum absolute atomic E-state index is 8.56. The summed E-state index contributed by atoms with van der Waals surface area (Å²) in [6.45, 7) is 0. The fourth-order valence-electron chi connectivity index (χ4n) is 0. The molecule has 0 radical (unpaired) electrons. The van der Waals surface area contributed by atoms with Crippen molar-refractivity contribution in [3.8, 4) is 0 Å². The van der Waals surface area contributed by atoms with Gasteiger partial charge >= 0.3 is 35.7 Å². The molecule has 7 heteroatoms. The SMILES string of the molecule is N=[N+]=N.O=C(O)O.[H-].[Na+]. The average molecular weight is 130 g/mol. The van der Waals surface area contributed by atoms with Gasteiger partial charge in [-0.2, -0.15) is 0 Å². The second kappa shape index (κ2) is 16.0. The van der Waals surface area contributed by atoms with Crippen LogP contribution in [0.25, 0.3) is 0 Å². The maximum Gasteiger partial charge on any atom is 1.00 e. The minimum absolute atomic E-state index is 0. The van der Waals surface area contributed by atoms with Crippen molar-refractivity contribution in [3.63, 3.8) is 0 Å². The third kappa shape index (κ3) is 664. The second-order valence-electron chi connectivity index (χ2n) is 0.394. The Kier molecular flexibility index (Phi) is 31.3. The number of carboxylic acid groups (broad SMARTS) is 2. The van der Waals surface area contributed by atoms with Crippen molar-refractivity contribution < 1.29 is 46.0 Å². The largest absolute Gasteiger partial charge is 1.00 e. The van der Waals surface area contributed by atoms with Crippen LogP contribution in [0.4, 0.5) is 4.79 Å². The van der Waals surface area contributed by atoms with Gasteiger partial charge in [-0.05, 0) is 0 Å². The number of hydrogen-bond donors (Lipinski definition) is 4. The van der Waals surface area contributed by atoms with Crippen LogP contribution in [0.5, 0.6) is 0 Å². The zero-order valence-corrected chi connectivity index (χ0v) is 6.25. The average Bonchev–Trinajstić information content (AvgIpc) is 1.33. The number of nitrogens with zero attached hydrogens (tertiary/aromatic N) is 1. The Labute approximate surface area is 68.3 Å². The molecule has 8 heavy (non-hydrogen) atoms. The molecule has 0 amide bonds. The molecule has 0 aliphatic rings. The Balaban J connectivity index is -0.0000000233. The molecule has 0 heterocycles. The van der Waals surface area contributed by atoms with E-state index in [1.807, 2.05) is 4.91 Å². The van der Waals surface area contributed by atoms with E-state index < -0.39 is 6.16 Å². The molecule has 0 bridgehead atoms. The van der Waals surface area contributed by atoms with E-state index in [0.717, 1.165) is 0 Å². The van der Waals surface area contributed by atoms with E-state index in [-0.39, 0.29) is 31.0 Å². The summed E-state index contributed by atoms with van der Waals surface area (Å²) in [5, 5.41) is 13.9. The van der Waals surface area contributed by atoms with Crippen LogP contribution in [-0.4, -0.2) is 16.4 Å². The number of nitrogens with one attached hydrogen (secondary N) is 2. The third-order valence-electron chi connectivity index (χ3n) is 0. The van der Waals surface area contributed by atoms with Gasteiger partial charge in [0.2, 0.25) is 4.91 Å². The van der Waals surface area contributed by atoms with Gasteiger partial charge in [-0.1, -0.05) is 0 Å². The van der Waals surface area contributed by atoms with E-state index in [0.29, 0.717) is 0 Å². The minimum Gasteiger partial charge on any atom is -1.00 e. The Morgan fingerprint density at radius 2 is 1.50 bits per heavy atom. The minimum atomic E-state index is -1.83. The normalized spacial score (nSPS) is 4.00. The van der Waals surface area contributed by atoms with Crippen molar-refractivity contribution in [2.75, 3.05) is 0 Å². The first kappa shape index (κ1) is 15.6. The fourth-order valence-corrected chi connectivity index (χ4v) is 0. The standard InChI is InChI=1S/CH2O3.H2N3.Na.H/c2-1(3)4;1-3-2;;/h(H2,2,3,4);1-2H;;/q;2*+1;-1. The van der Waals surface area contributed by atoms with Crippen molar-refractivity contribution in [1.29, 1.82) is 11.1 Å². The summed E-state index contributed by atoms with van der Waals surface area (Å²) in [6.07, 6.45) is -1.83. The van der Waals surface area contributed by atoms with Gasteiger partial charge in [0, 0.05) is 0 Å². The van der Waals surface area contributed by atoms with Crippen LogP contribution < -0.4 is 34.5 Å². The third-order valence-corrected chi connectivity index (χ3v) is 0. The molecule has 0 aromatic heterocycles. The molecule has 0 unspecified atom stereocenters. The van der Waals surface area contributed by atoms with Crippen LogP contribution >= 0.6 is 0 Å². The second-order valence-corrected chi connectivity index (χ2v) is 0.394. The molecule has 0 rings (SSSR count). The molecule has 0 aliphatic heterocycles. The van der Waals surface area contributed by atoms with Crippen LogP contribution in [0, 0.1) is 11.1 Å². The number of hydrogen-bond acceptors (Lipinski definition) is 3. The summed E-state index contributed by atoms with van der Waals surface area (Å²) in [6, 6.07) is 0. The van der Waals surface area contributed by atoms with Gasteiger partial charge < -0.3 is 11.6 Å². The van der Waals surface area contributed by atoms with E-state index in [9.17, 15) is 0 Å². The molecule has 0 spiro atoms. The summed E-state index contributed by atoms with van der Waals surface area (Å²) in [7, 11) is 0. The van der Waals surface area contributed by atoms with Crippen LogP contribution in [0.1, 0.15) is 1.43 Å². The van der Waals surface area contributed by atoms with Crippen LogP contribution in [0.2, 0.25) is 0 Å². The number of carbonyl (C=O) groups is 1. The van der Waals surface area contributed by atoms with Crippen LogP contribution in [0.15, 0.2) is 0 Å². The molecule has 0 fully saturated rings. The smallest absolute Gasteiger partial charge is 1.00 e. The Bertz CT molecular complexity index is 87.1. The maximum atomic E-state index is 8.56. The van der Waals surface area contributed by atoms with E-state index >= 15 is 0 Å². The first-order chi connectivity index (χ1) is 3.15. The van der Waals surface area contributed by atoms with Gasteiger partial charge in [0.05, 0.1) is 0 Å². The Morgan fingerprint density at radius 1 is 1.50 bits per heavy atom. The predicted octanol–water partition coefficient (Wildman–Crippen LogP) is -2.55. The van der Waals surface area contributed by atoms with E-state index in [1.54, 1.807) is 0 Å². The summed E-state index contributed by atoms with van der Waals surface area (Å²) in [5.74, 6) is 0. The monoisotopic (exact) mass is 130 g/mol. The topological polar surface area (TPSA) is 119 Å². The predicted molar refractivity (Wildman–Crippen MR) is 19.3 cm³/mol. The van der Waals surface area contributed by atoms with E-state index in [2.05, 4.69) is 0 Å². The summed E-state index contributed by atoms with van der Waals surface area (Å²) in [4.78, 5) is 10.6. The molecular formula is CH5N3NaO3+. The first-order valence-corrected chi connectivity index (χ1v) is 1.10. The van der Waals surface area contributed by atoms with Crippen molar-refractivity contribution in [2.24, 2.45) is 0 Å².